The van der Waals surface area contributed by atoms with E-state index in [0.29, 0.717) is 4.99 Å². The Kier molecular flexibility index (Phi) is 3.91. The van der Waals surface area contributed by atoms with Crippen LogP contribution in [-0.4, -0.2) is 14.8 Å². The van der Waals surface area contributed by atoms with Gasteiger partial charge in [0.15, 0.2) is 0 Å². The number of anilines is 2. The number of rotatable bonds is 3. The van der Waals surface area contributed by atoms with Crippen molar-refractivity contribution in [2.45, 2.75) is 13.8 Å². The summed E-state index contributed by atoms with van der Waals surface area (Å²) < 4.78 is 2.83. The van der Waals surface area contributed by atoms with E-state index in [9.17, 15) is 0 Å². The average Bonchev–Trinajstić information content (AvgIpc) is 2.59. The topological polar surface area (TPSA) is 55.9 Å². The summed E-state index contributed by atoms with van der Waals surface area (Å²) in [5.74, 6) is 0.812. The lowest BCUT2D eigenvalue weighted by atomic mass is 10.2. The van der Waals surface area contributed by atoms with Crippen LogP contribution in [0.2, 0.25) is 0 Å². The van der Waals surface area contributed by atoms with Crippen LogP contribution in [0.5, 0.6) is 0 Å². The zero-order chi connectivity index (χ0) is 14.2. The van der Waals surface area contributed by atoms with E-state index in [1.807, 2.05) is 33.0 Å². The summed E-state index contributed by atoms with van der Waals surface area (Å²) >= 11 is 8.58. The summed E-state index contributed by atoms with van der Waals surface area (Å²) in [6.07, 6.45) is 0. The van der Waals surface area contributed by atoms with Gasteiger partial charge in [0.1, 0.15) is 10.8 Å². The van der Waals surface area contributed by atoms with E-state index < -0.39 is 0 Å². The molecule has 0 amide bonds. The Hall–Kier alpha value is -1.40. The normalized spacial score (nSPS) is 10.5. The molecular weight excluding hydrogens is 324 g/mol. The smallest absolute Gasteiger partial charge is 0.138 e. The van der Waals surface area contributed by atoms with Crippen LogP contribution in [-0.2, 0) is 7.05 Å². The van der Waals surface area contributed by atoms with Crippen molar-refractivity contribution in [2.75, 3.05) is 5.32 Å². The Morgan fingerprint density at radius 3 is 2.68 bits per heavy atom. The standard InChI is InChI=1S/C13H15BrN4S/c1-7-6-9(4-5-10(7)14)16-13-11(12(15)19)8(2)17-18(13)3/h4-6,16H,1-3H3,(H2,15,19). The van der Waals surface area contributed by atoms with E-state index in [2.05, 4.69) is 32.4 Å². The van der Waals surface area contributed by atoms with Gasteiger partial charge in [-0.1, -0.05) is 28.1 Å². The third-order valence-corrected chi connectivity index (χ3v) is 3.98. The molecule has 19 heavy (non-hydrogen) atoms. The molecule has 0 aliphatic carbocycles. The van der Waals surface area contributed by atoms with Crippen LogP contribution in [0.3, 0.4) is 0 Å². The van der Waals surface area contributed by atoms with Crippen molar-refractivity contribution in [1.29, 1.82) is 0 Å². The molecule has 0 unspecified atom stereocenters. The zero-order valence-electron chi connectivity index (χ0n) is 11.0. The van der Waals surface area contributed by atoms with E-state index in [1.165, 1.54) is 0 Å². The Labute approximate surface area is 126 Å². The van der Waals surface area contributed by atoms with Crippen molar-refractivity contribution in [2.24, 2.45) is 12.8 Å². The van der Waals surface area contributed by atoms with Gasteiger partial charge in [0, 0.05) is 17.2 Å². The van der Waals surface area contributed by atoms with Crippen LogP contribution < -0.4 is 11.1 Å². The lowest BCUT2D eigenvalue weighted by Crippen LogP contribution is -2.13. The SMILES string of the molecule is Cc1cc(Nc2c(C(N)=S)c(C)nn2C)ccc1Br. The molecule has 0 saturated carbocycles. The quantitative estimate of drug-likeness (QED) is 0.844. The molecule has 100 valence electrons. The van der Waals surface area contributed by atoms with E-state index in [-0.39, 0.29) is 0 Å². The van der Waals surface area contributed by atoms with Crippen LogP contribution in [0.15, 0.2) is 22.7 Å². The van der Waals surface area contributed by atoms with Crippen molar-refractivity contribution in [3.05, 3.63) is 39.5 Å². The maximum atomic E-state index is 5.77. The Morgan fingerprint density at radius 1 is 1.42 bits per heavy atom. The molecule has 4 nitrogen and oxygen atoms in total. The van der Waals surface area contributed by atoms with Crippen LogP contribution in [0.1, 0.15) is 16.8 Å². The third kappa shape index (κ3) is 2.79. The van der Waals surface area contributed by atoms with Gasteiger partial charge in [-0.15, -0.1) is 0 Å². The fourth-order valence-corrected chi connectivity index (χ4v) is 2.45. The number of halogens is 1. The predicted octanol–water partition coefficient (Wildman–Crippen LogP) is 3.18. The molecule has 0 fully saturated rings. The van der Waals surface area contributed by atoms with Crippen molar-refractivity contribution >= 4 is 44.6 Å². The summed E-state index contributed by atoms with van der Waals surface area (Å²) in [4.78, 5) is 0.349. The summed E-state index contributed by atoms with van der Waals surface area (Å²) in [6.45, 7) is 3.94. The van der Waals surface area contributed by atoms with Crippen molar-refractivity contribution in [3.8, 4) is 0 Å². The summed E-state index contributed by atoms with van der Waals surface area (Å²) in [5, 5.41) is 7.67. The molecular formula is C13H15BrN4S. The fourth-order valence-electron chi connectivity index (χ4n) is 1.96. The number of nitrogens with zero attached hydrogens (tertiary/aromatic N) is 2. The van der Waals surface area contributed by atoms with Gasteiger partial charge in [-0.2, -0.15) is 5.10 Å². The van der Waals surface area contributed by atoms with Crippen molar-refractivity contribution in [3.63, 3.8) is 0 Å². The molecule has 2 rings (SSSR count). The number of hydrogen-bond donors (Lipinski definition) is 2. The monoisotopic (exact) mass is 338 g/mol. The second-order valence-electron chi connectivity index (χ2n) is 4.39. The molecule has 6 heteroatoms. The highest BCUT2D eigenvalue weighted by Gasteiger charge is 2.15. The van der Waals surface area contributed by atoms with Gasteiger partial charge in [0.2, 0.25) is 0 Å². The molecule has 0 spiro atoms. The van der Waals surface area contributed by atoms with Gasteiger partial charge in [-0.3, -0.25) is 4.68 Å². The van der Waals surface area contributed by atoms with Gasteiger partial charge in [-0.05, 0) is 37.6 Å². The first-order valence-corrected chi connectivity index (χ1v) is 6.97. The van der Waals surface area contributed by atoms with E-state index in [0.717, 1.165) is 32.8 Å². The minimum Gasteiger partial charge on any atom is -0.389 e. The summed E-state index contributed by atoms with van der Waals surface area (Å²) in [5.41, 5.74) is 9.51. The number of thiocarbonyl (C=S) groups is 1. The minimum atomic E-state index is 0.349. The third-order valence-electron chi connectivity index (χ3n) is 2.89. The molecule has 1 aromatic heterocycles. The number of aryl methyl sites for hydroxylation is 3. The number of aromatic nitrogens is 2. The number of nitrogens with two attached hydrogens (primary N) is 1. The lowest BCUT2D eigenvalue weighted by Gasteiger charge is -2.10. The highest BCUT2D eigenvalue weighted by atomic mass is 79.9. The maximum Gasteiger partial charge on any atom is 0.138 e. The predicted molar refractivity (Wildman–Crippen MR) is 86.0 cm³/mol. The Bertz CT molecular complexity index is 648. The van der Waals surface area contributed by atoms with Crippen LogP contribution >= 0.6 is 28.1 Å². The molecule has 0 aliphatic rings. The number of hydrogen-bond acceptors (Lipinski definition) is 3. The van der Waals surface area contributed by atoms with Gasteiger partial charge in [-0.25, -0.2) is 0 Å². The zero-order valence-corrected chi connectivity index (χ0v) is 13.4. The fraction of sp³-hybridized carbons (Fsp3) is 0.231. The van der Waals surface area contributed by atoms with Crippen LogP contribution in [0.25, 0.3) is 0 Å². The molecule has 0 atom stereocenters. The Balaban J connectivity index is 2.43. The minimum absolute atomic E-state index is 0.349. The molecule has 0 saturated heterocycles. The largest absolute Gasteiger partial charge is 0.389 e. The molecule has 1 heterocycles. The van der Waals surface area contributed by atoms with E-state index in [4.69, 9.17) is 18.0 Å². The van der Waals surface area contributed by atoms with Crippen LogP contribution in [0.4, 0.5) is 11.5 Å². The maximum absolute atomic E-state index is 5.77. The van der Waals surface area contributed by atoms with Crippen molar-refractivity contribution < 1.29 is 0 Å². The molecule has 0 bridgehead atoms. The highest BCUT2D eigenvalue weighted by Crippen LogP contribution is 2.26. The first-order valence-electron chi connectivity index (χ1n) is 5.76. The first-order chi connectivity index (χ1) is 8.90. The average molecular weight is 339 g/mol. The first kappa shape index (κ1) is 14.0. The van der Waals surface area contributed by atoms with Gasteiger partial charge in [0.25, 0.3) is 0 Å². The molecule has 2 aromatic rings. The van der Waals surface area contributed by atoms with Gasteiger partial charge < -0.3 is 11.1 Å². The number of benzene rings is 1. The second-order valence-corrected chi connectivity index (χ2v) is 5.68. The summed E-state index contributed by atoms with van der Waals surface area (Å²) in [7, 11) is 1.86. The van der Waals surface area contributed by atoms with Crippen molar-refractivity contribution in [1.82, 2.24) is 9.78 Å². The molecule has 0 aliphatic heterocycles. The Morgan fingerprint density at radius 2 is 2.11 bits per heavy atom. The van der Waals surface area contributed by atoms with E-state index in [1.54, 1.807) is 4.68 Å². The lowest BCUT2D eigenvalue weighted by molar-refractivity contribution is 0.765. The molecule has 0 radical (unpaired) electrons. The second kappa shape index (κ2) is 5.30. The number of nitrogens with one attached hydrogen (secondary N) is 1. The van der Waals surface area contributed by atoms with Gasteiger partial charge >= 0.3 is 0 Å². The highest BCUT2D eigenvalue weighted by molar-refractivity contribution is 9.10. The van der Waals surface area contributed by atoms with Gasteiger partial charge in [0.05, 0.1) is 11.3 Å². The molecule has 1 aromatic carbocycles. The summed E-state index contributed by atoms with van der Waals surface area (Å²) in [6, 6.07) is 6.04. The van der Waals surface area contributed by atoms with E-state index >= 15 is 0 Å². The van der Waals surface area contributed by atoms with Crippen LogP contribution in [0, 0.1) is 13.8 Å². The molecule has 3 N–H and O–H groups in total.